The molecule has 20 heavy (non-hydrogen) atoms. The van der Waals surface area contributed by atoms with Gasteiger partial charge in [0.15, 0.2) is 0 Å². The van der Waals surface area contributed by atoms with E-state index in [0.717, 1.165) is 11.3 Å². The van der Waals surface area contributed by atoms with Crippen LogP contribution in [0.15, 0.2) is 36.0 Å². The van der Waals surface area contributed by atoms with Crippen molar-refractivity contribution in [1.82, 2.24) is 5.32 Å². The first-order chi connectivity index (χ1) is 9.47. The van der Waals surface area contributed by atoms with Gasteiger partial charge in [0.2, 0.25) is 0 Å². The second kappa shape index (κ2) is 8.09. The Balaban J connectivity index is 2.29. The molecule has 0 radical (unpaired) electrons. The van der Waals surface area contributed by atoms with E-state index in [9.17, 15) is 14.0 Å². The molecule has 0 spiro atoms. The van der Waals surface area contributed by atoms with Gasteiger partial charge in [0.05, 0.1) is 0 Å². The van der Waals surface area contributed by atoms with Crippen LogP contribution in [0.3, 0.4) is 0 Å². The SMILES string of the molecule is CC(=O)CC(=O)OC/C=C(/C)NCc1ccc(F)cc1. The summed E-state index contributed by atoms with van der Waals surface area (Å²) in [6, 6.07) is 6.20. The van der Waals surface area contributed by atoms with Gasteiger partial charge in [-0.05, 0) is 37.6 Å². The minimum atomic E-state index is -0.528. The molecule has 0 heterocycles. The highest BCUT2D eigenvalue weighted by Crippen LogP contribution is 2.03. The van der Waals surface area contributed by atoms with E-state index in [4.69, 9.17) is 4.74 Å². The Morgan fingerprint density at radius 2 is 1.90 bits per heavy atom. The normalized spacial score (nSPS) is 11.1. The molecule has 0 atom stereocenters. The van der Waals surface area contributed by atoms with Crippen molar-refractivity contribution < 1.29 is 18.7 Å². The van der Waals surface area contributed by atoms with Crippen molar-refractivity contribution in [1.29, 1.82) is 0 Å². The lowest BCUT2D eigenvalue weighted by Gasteiger charge is -2.07. The van der Waals surface area contributed by atoms with Crippen LogP contribution in [0.4, 0.5) is 4.39 Å². The number of hydrogen-bond donors (Lipinski definition) is 1. The molecule has 0 fully saturated rings. The molecule has 0 saturated heterocycles. The molecule has 0 bridgehead atoms. The molecule has 0 unspecified atom stereocenters. The monoisotopic (exact) mass is 279 g/mol. The highest BCUT2D eigenvalue weighted by Gasteiger charge is 2.04. The highest BCUT2D eigenvalue weighted by atomic mass is 19.1. The van der Waals surface area contributed by atoms with Crippen LogP contribution in [0, 0.1) is 5.82 Å². The van der Waals surface area contributed by atoms with E-state index in [2.05, 4.69) is 5.32 Å². The van der Waals surface area contributed by atoms with Gasteiger partial charge >= 0.3 is 5.97 Å². The van der Waals surface area contributed by atoms with E-state index in [0.29, 0.717) is 6.54 Å². The predicted octanol–water partition coefficient (Wildman–Crippen LogP) is 2.34. The molecule has 1 aromatic carbocycles. The fraction of sp³-hybridized carbons (Fsp3) is 0.333. The zero-order chi connectivity index (χ0) is 15.0. The molecule has 0 aliphatic carbocycles. The van der Waals surface area contributed by atoms with Gasteiger partial charge in [-0.15, -0.1) is 0 Å². The first-order valence-corrected chi connectivity index (χ1v) is 6.27. The van der Waals surface area contributed by atoms with E-state index in [1.807, 2.05) is 6.92 Å². The molecule has 1 rings (SSSR count). The minimum absolute atomic E-state index is 0.119. The van der Waals surface area contributed by atoms with Crippen molar-refractivity contribution in [2.24, 2.45) is 0 Å². The number of carbonyl (C=O) groups is 2. The summed E-state index contributed by atoms with van der Waals surface area (Å²) in [4.78, 5) is 21.8. The molecular weight excluding hydrogens is 261 g/mol. The molecule has 5 heteroatoms. The van der Waals surface area contributed by atoms with Gasteiger partial charge in [0, 0.05) is 12.2 Å². The maximum Gasteiger partial charge on any atom is 0.313 e. The van der Waals surface area contributed by atoms with Gasteiger partial charge in [-0.3, -0.25) is 9.59 Å². The average molecular weight is 279 g/mol. The fourth-order valence-electron chi connectivity index (χ4n) is 1.43. The Morgan fingerprint density at radius 1 is 1.25 bits per heavy atom. The summed E-state index contributed by atoms with van der Waals surface area (Å²) < 4.78 is 17.6. The fourth-order valence-corrected chi connectivity index (χ4v) is 1.43. The van der Waals surface area contributed by atoms with Crippen molar-refractivity contribution in [3.8, 4) is 0 Å². The Kier molecular flexibility index (Phi) is 6.43. The summed E-state index contributed by atoms with van der Waals surface area (Å²) >= 11 is 0. The van der Waals surface area contributed by atoms with Crippen LogP contribution in [-0.4, -0.2) is 18.4 Å². The molecule has 0 aromatic heterocycles. The average Bonchev–Trinajstić information content (AvgIpc) is 2.37. The summed E-state index contributed by atoms with van der Waals surface area (Å²) in [6.45, 7) is 3.85. The largest absolute Gasteiger partial charge is 0.461 e. The number of carbonyl (C=O) groups excluding carboxylic acids is 2. The van der Waals surface area contributed by atoms with Crippen molar-refractivity contribution >= 4 is 11.8 Å². The van der Waals surface area contributed by atoms with E-state index >= 15 is 0 Å². The lowest BCUT2D eigenvalue weighted by Crippen LogP contribution is -2.13. The summed E-state index contributed by atoms with van der Waals surface area (Å²) in [7, 11) is 0. The second-order valence-corrected chi connectivity index (χ2v) is 4.43. The third-order valence-electron chi connectivity index (χ3n) is 2.51. The first-order valence-electron chi connectivity index (χ1n) is 6.27. The lowest BCUT2D eigenvalue weighted by atomic mass is 10.2. The smallest absolute Gasteiger partial charge is 0.313 e. The summed E-state index contributed by atoms with van der Waals surface area (Å²) in [5.74, 6) is -1.01. The standard InChI is InChI=1S/C15H18FNO3/c1-11(7-8-20-15(19)9-12(2)18)17-10-13-3-5-14(16)6-4-13/h3-7,17H,8-10H2,1-2H3/b11-7-. The van der Waals surface area contributed by atoms with Gasteiger partial charge < -0.3 is 10.1 Å². The number of ketones is 1. The van der Waals surface area contributed by atoms with Gasteiger partial charge in [-0.2, -0.15) is 0 Å². The number of allylic oxidation sites excluding steroid dienone is 1. The number of ether oxygens (including phenoxy) is 1. The van der Waals surface area contributed by atoms with Crippen LogP contribution in [0.2, 0.25) is 0 Å². The van der Waals surface area contributed by atoms with Crippen molar-refractivity contribution in [2.45, 2.75) is 26.8 Å². The number of halogens is 1. The first kappa shape index (κ1) is 15.9. The maximum atomic E-state index is 12.7. The molecule has 0 amide bonds. The molecule has 0 aliphatic heterocycles. The lowest BCUT2D eigenvalue weighted by molar-refractivity contribution is -0.144. The van der Waals surface area contributed by atoms with Crippen LogP contribution in [-0.2, 0) is 20.9 Å². The number of hydrogen-bond acceptors (Lipinski definition) is 4. The van der Waals surface area contributed by atoms with Gasteiger partial charge in [0.25, 0.3) is 0 Å². The van der Waals surface area contributed by atoms with Gasteiger partial charge in [-0.1, -0.05) is 12.1 Å². The number of rotatable bonds is 7. The summed E-state index contributed by atoms with van der Waals surface area (Å²) in [5, 5.41) is 3.11. The number of nitrogens with one attached hydrogen (secondary N) is 1. The third kappa shape index (κ3) is 6.68. The van der Waals surface area contributed by atoms with Crippen LogP contribution in [0.25, 0.3) is 0 Å². The molecule has 0 aliphatic rings. The maximum absolute atomic E-state index is 12.7. The zero-order valence-corrected chi connectivity index (χ0v) is 11.6. The molecule has 0 saturated carbocycles. The molecule has 4 nitrogen and oxygen atoms in total. The summed E-state index contributed by atoms with van der Waals surface area (Å²) in [6.07, 6.45) is 1.51. The Hall–Kier alpha value is -2.17. The van der Waals surface area contributed by atoms with Crippen LogP contribution in [0.1, 0.15) is 25.8 Å². The van der Waals surface area contributed by atoms with Crippen molar-refractivity contribution in [2.75, 3.05) is 6.61 Å². The number of Topliss-reactive ketones (excluding diaryl/α,β-unsaturated/α-hetero) is 1. The Labute approximate surface area is 117 Å². The Morgan fingerprint density at radius 3 is 2.50 bits per heavy atom. The molecule has 1 aromatic rings. The van der Waals surface area contributed by atoms with Crippen LogP contribution < -0.4 is 5.32 Å². The van der Waals surface area contributed by atoms with Crippen molar-refractivity contribution in [3.63, 3.8) is 0 Å². The van der Waals surface area contributed by atoms with E-state index in [-0.39, 0.29) is 24.6 Å². The molecule has 108 valence electrons. The van der Waals surface area contributed by atoms with E-state index in [1.165, 1.54) is 19.1 Å². The van der Waals surface area contributed by atoms with Crippen LogP contribution >= 0.6 is 0 Å². The van der Waals surface area contributed by atoms with E-state index in [1.54, 1.807) is 18.2 Å². The predicted molar refractivity (Wildman–Crippen MR) is 73.3 cm³/mol. The topological polar surface area (TPSA) is 55.4 Å². The minimum Gasteiger partial charge on any atom is -0.461 e. The number of benzene rings is 1. The second-order valence-electron chi connectivity index (χ2n) is 4.43. The van der Waals surface area contributed by atoms with Crippen LogP contribution in [0.5, 0.6) is 0 Å². The third-order valence-corrected chi connectivity index (χ3v) is 2.51. The zero-order valence-electron chi connectivity index (χ0n) is 11.6. The van der Waals surface area contributed by atoms with Gasteiger partial charge in [0.1, 0.15) is 24.6 Å². The van der Waals surface area contributed by atoms with E-state index < -0.39 is 5.97 Å². The highest BCUT2D eigenvalue weighted by molar-refractivity contribution is 5.94. The molecule has 1 N–H and O–H groups in total. The summed E-state index contributed by atoms with van der Waals surface area (Å²) in [5.41, 5.74) is 1.79. The van der Waals surface area contributed by atoms with Crippen molar-refractivity contribution in [3.05, 3.63) is 47.4 Å². The molecular formula is C15H18FNO3. The van der Waals surface area contributed by atoms with Gasteiger partial charge in [-0.25, -0.2) is 4.39 Å². The Bertz CT molecular complexity index is 494. The number of esters is 1. The quantitative estimate of drug-likeness (QED) is 0.615.